The zero-order valence-corrected chi connectivity index (χ0v) is 13.2. The van der Waals surface area contributed by atoms with Gasteiger partial charge in [0.15, 0.2) is 11.0 Å². The van der Waals surface area contributed by atoms with Gasteiger partial charge >= 0.3 is 0 Å². The highest BCUT2D eigenvalue weighted by Crippen LogP contribution is 2.31. The monoisotopic (exact) mass is 269 g/mol. The van der Waals surface area contributed by atoms with Crippen LogP contribution in [-0.2, 0) is 0 Å². The lowest BCUT2D eigenvalue weighted by Gasteiger charge is -2.34. The van der Waals surface area contributed by atoms with Gasteiger partial charge in [-0.05, 0) is 39.5 Å². The fraction of sp³-hybridized carbons (Fsp3) is 0.714. The zero-order chi connectivity index (χ0) is 14.1. The van der Waals surface area contributed by atoms with Crippen LogP contribution in [0, 0.1) is 19.3 Å². The number of rotatable bonds is 3. The highest BCUT2D eigenvalue weighted by atomic mass is 35.5. The van der Waals surface area contributed by atoms with Gasteiger partial charge in [-0.15, -0.1) is 0 Å². The normalized spacial score (nSPS) is 12.7. The Kier molecular flexibility index (Phi) is 4.26. The maximum absolute atomic E-state index is 6.14. The second-order valence-corrected chi connectivity index (χ2v) is 7.14. The third-order valence-electron chi connectivity index (χ3n) is 2.69. The molecule has 1 aromatic rings. The topological polar surface area (TPSA) is 37.8 Å². The first-order valence-corrected chi connectivity index (χ1v) is 6.67. The van der Waals surface area contributed by atoms with Gasteiger partial charge in [0, 0.05) is 5.54 Å². The van der Waals surface area contributed by atoms with E-state index in [-0.39, 0.29) is 11.0 Å². The standard InChI is InChI=1S/C14H24ClN3/c1-9-10(2)17-12(11(15)16-9)18-14(6,7)8-13(3,4)5/h8H2,1-7H3,(H,17,18). The Balaban J connectivity index is 2.94. The van der Waals surface area contributed by atoms with Crippen molar-refractivity contribution in [2.24, 2.45) is 5.41 Å². The van der Waals surface area contributed by atoms with Gasteiger partial charge in [0.2, 0.25) is 0 Å². The molecule has 0 fully saturated rings. The van der Waals surface area contributed by atoms with Crippen LogP contribution >= 0.6 is 11.6 Å². The molecule has 1 heterocycles. The summed E-state index contributed by atoms with van der Waals surface area (Å²) in [6, 6.07) is 0. The highest BCUT2D eigenvalue weighted by Gasteiger charge is 2.26. The maximum atomic E-state index is 6.14. The van der Waals surface area contributed by atoms with Crippen LogP contribution in [0.3, 0.4) is 0 Å². The molecule has 0 amide bonds. The number of anilines is 1. The Hall–Kier alpha value is -0.830. The number of hydrogen-bond acceptors (Lipinski definition) is 3. The molecule has 0 unspecified atom stereocenters. The average Bonchev–Trinajstić information content (AvgIpc) is 2.09. The smallest absolute Gasteiger partial charge is 0.171 e. The lowest BCUT2D eigenvalue weighted by molar-refractivity contribution is 0.302. The van der Waals surface area contributed by atoms with Crippen molar-refractivity contribution in [2.75, 3.05) is 5.32 Å². The van der Waals surface area contributed by atoms with Gasteiger partial charge < -0.3 is 5.32 Å². The number of aryl methyl sites for hydroxylation is 2. The van der Waals surface area contributed by atoms with Crippen LogP contribution in [0.25, 0.3) is 0 Å². The maximum Gasteiger partial charge on any atom is 0.171 e. The van der Waals surface area contributed by atoms with Crippen LogP contribution in [0.4, 0.5) is 5.82 Å². The summed E-state index contributed by atoms with van der Waals surface area (Å²) in [6.07, 6.45) is 1.02. The Bertz CT molecular complexity index is 433. The van der Waals surface area contributed by atoms with Crippen LogP contribution in [0.5, 0.6) is 0 Å². The molecule has 0 atom stereocenters. The summed E-state index contributed by atoms with van der Waals surface area (Å²) >= 11 is 6.14. The average molecular weight is 270 g/mol. The Morgan fingerprint density at radius 2 is 1.50 bits per heavy atom. The molecule has 3 nitrogen and oxygen atoms in total. The second kappa shape index (κ2) is 5.04. The number of halogens is 1. The van der Waals surface area contributed by atoms with Gasteiger partial charge in [-0.3, -0.25) is 0 Å². The summed E-state index contributed by atoms with van der Waals surface area (Å²) in [5, 5.41) is 3.85. The van der Waals surface area contributed by atoms with E-state index in [1.807, 2.05) is 13.8 Å². The van der Waals surface area contributed by atoms with E-state index in [9.17, 15) is 0 Å². The molecule has 0 spiro atoms. The van der Waals surface area contributed by atoms with E-state index in [0.717, 1.165) is 17.8 Å². The van der Waals surface area contributed by atoms with Gasteiger partial charge in [-0.1, -0.05) is 32.4 Å². The molecule has 1 N–H and O–H groups in total. The first-order valence-electron chi connectivity index (χ1n) is 6.29. The Morgan fingerprint density at radius 3 is 2.00 bits per heavy atom. The molecule has 0 radical (unpaired) electrons. The quantitative estimate of drug-likeness (QED) is 0.885. The van der Waals surface area contributed by atoms with Crippen molar-refractivity contribution in [3.05, 3.63) is 16.5 Å². The third-order valence-corrected chi connectivity index (χ3v) is 2.96. The molecule has 18 heavy (non-hydrogen) atoms. The first kappa shape index (κ1) is 15.2. The molecule has 0 saturated heterocycles. The van der Waals surface area contributed by atoms with Crippen molar-refractivity contribution in [2.45, 2.75) is 60.4 Å². The number of nitrogens with one attached hydrogen (secondary N) is 1. The Labute approximate surface area is 115 Å². The lowest BCUT2D eigenvalue weighted by atomic mass is 9.82. The van der Waals surface area contributed by atoms with E-state index in [0.29, 0.717) is 11.0 Å². The summed E-state index contributed by atoms with van der Waals surface area (Å²) in [7, 11) is 0. The molecule has 0 aliphatic rings. The van der Waals surface area contributed by atoms with Gasteiger partial charge in [0.25, 0.3) is 0 Å². The minimum atomic E-state index is -0.0712. The van der Waals surface area contributed by atoms with E-state index in [1.54, 1.807) is 0 Å². The molecular formula is C14H24ClN3. The molecule has 1 aromatic heterocycles. The largest absolute Gasteiger partial charge is 0.363 e. The van der Waals surface area contributed by atoms with Crippen LogP contribution in [0.1, 0.15) is 52.4 Å². The first-order chi connectivity index (χ1) is 8.00. The molecule has 4 heteroatoms. The van der Waals surface area contributed by atoms with Crippen LogP contribution < -0.4 is 5.32 Å². The van der Waals surface area contributed by atoms with E-state index in [2.05, 4.69) is 49.9 Å². The second-order valence-electron chi connectivity index (χ2n) is 6.78. The molecule has 0 aromatic carbocycles. The lowest BCUT2D eigenvalue weighted by Crippen LogP contribution is -2.36. The molecule has 0 bridgehead atoms. The molecule has 0 saturated carbocycles. The SMILES string of the molecule is Cc1nc(Cl)c(NC(C)(C)CC(C)(C)C)nc1C. The van der Waals surface area contributed by atoms with Crippen molar-refractivity contribution in [1.29, 1.82) is 0 Å². The van der Waals surface area contributed by atoms with Crippen LogP contribution in [-0.4, -0.2) is 15.5 Å². The van der Waals surface area contributed by atoms with Gasteiger partial charge in [-0.25, -0.2) is 9.97 Å². The van der Waals surface area contributed by atoms with Gasteiger partial charge in [0.05, 0.1) is 11.4 Å². The summed E-state index contributed by atoms with van der Waals surface area (Å²) in [5.74, 6) is 0.675. The van der Waals surface area contributed by atoms with E-state index < -0.39 is 0 Å². The predicted octanol–water partition coefficient (Wildman–Crippen LogP) is 4.37. The predicted molar refractivity (Wildman–Crippen MR) is 78.3 cm³/mol. The van der Waals surface area contributed by atoms with E-state index in [1.165, 1.54) is 0 Å². The number of hydrogen-bond donors (Lipinski definition) is 1. The van der Waals surface area contributed by atoms with Crippen LogP contribution in [0.2, 0.25) is 5.15 Å². The fourth-order valence-electron chi connectivity index (χ4n) is 2.35. The zero-order valence-electron chi connectivity index (χ0n) is 12.5. The highest BCUT2D eigenvalue weighted by molar-refractivity contribution is 6.31. The van der Waals surface area contributed by atoms with E-state index in [4.69, 9.17) is 11.6 Å². The van der Waals surface area contributed by atoms with Crippen LogP contribution in [0.15, 0.2) is 0 Å². The van der Waals surface area contributed by atoms with Crippen molar-refractivity contribution >= 4 is 17.4 Å². The summed E-state index contributed by atoms with van der Waals surface area (Å²) in [5.41, 5.74) is 1.96. The van der Waals surface area contributed by atoms with Crippen molar-refractivity contribution in [3.8, 4) is 0 Å². The molecule has 0 aliphatic heterocycles. The van der Waals surface area contributed by atoms with Gasteiger partial charge in [0.1, 0.15) is 0 Å². The summed E-state index contributed by atoms with van der Waals surface area (Å²) in [4.78, 5) is 8.78. The van der Waals surface area contributed by atoms with Crippen molar-refractivity contribution in [3.63, 3.8) is 0 Å². The van der Waals surface area contributed by atoms with E-state index >= 15 is 0 Å². The summed E-state index contributed by atoms with van der Waals surface area (Å²) in [6.45, 7) is 14.9. The molecular weight excluding hydrogens is 246 g/mol. The summed E-state index contributed by atoms with van der Waals surface area (Å²) < 4.78 is 0. The minimum Gasteiger partial charge on any atom is -0.363 e. The third kappa shape index (κ3) is 4.45. The fourth-order valence-corrected chi connectivity index (χ4v) is 2.56. The minimum absolute atomic E-state index is 0.0712. The molecule has 0 aliphatic carbocycles. The number of nitrogens with zero attached hydrogens (tertiary/aromatic N) is 2. The Morgan fingerprint density at radius 1 is 1.00 bits per heavy atom. The van der Waals surface area contributed by atoms with Crippen molar-refractivity contribution in [1.82, 2.24) is 9.97 Å². The molecule has 1 rings (SSSR count). The number of aromatic nitrogens is 2. The molecule has 102 valence electrons. The van der Waals surface area contributed by atoms with Crippen molar-refractivity contribution < 1.29 is 0 Å². The van der Waals surface area contributed by atoms with Gasteiger partial charge in [-0.2, -0.15) is 0 Å².